The Balaban J connectivity index is 1.55. The first-order valence-corrected chi connectivity index (χ1v) is 12.8. The van der Waals surface area contributed by atoms with E-state index in [1.165, 1.54) is 21.8 Å². The van der Waals surface area contributed by atoms with Gasteiger partial charge in [0.2, 0.25) is 11.8 Å². The number of rotatable bonds is 5. The van der Waals surface area contributed by atoms with Crippen molar-refractivity contribution >= 4 is 45.0 Å². The van der Waals surface area contributed by atoms with Gasteiger partial charge >= 0.3 is 0 Å². The number of aromatic nitrogens is 2. The Labute approximate surface area is 208 Å². The number of carbonyl (C=O) groups is 2. The molecule has 0 saturated carbocycles. The molecule has 0 bridgehead atoms. The molecule has 178 valence electrons. The van der Waals surface area contributed by atoms with Gasteiger partial charge in [0, 0.05) is 60.0 Å². The van der Waals surface area contributed by atoms with E-state index < -0.39 is 0 Å². The summed E-state index contributed by atoms with van der Waals surface area (Å²) in [5, 5.41) is 4.22. The summed E-state index contributed by atoms with van der Waals surface area (Å²) in [5.74, 6) is -0.221. The average Bonchev–Trinajstić information content (AvgIpc) is 3.35. The second-order valence-corrected chi connectivity index (χ2v) is 10.9. The summed E-state index contributed by atoms with van der Waals surface area (Å²) >= 11 is 8.06. The molecule has 9 heteroatoms. The smallest absolute Gasteiger partial charge is 0.230 e. The van der Waals surface area contributed by atoms with Gasteiger partial charge in [-0.1, -0.05) is 11.6 Å². The van der Waals surface area contributed by atoms with E-state index in [1.807, 2.05) is 18.2 Å². The number of benzene rings is 1. The summed E-state index contributed by atoms with van der Waals surface area (Å²) in [4.78, 5) is 38.1. The molecule has 3 aromatic rings. The molecular weight excluding hydrogens is 470 g/mol. The van der Waals surface area contributed by atoms with Gasteiger partial charge < -0.3 is 5.32 Å². The number of aryl methyl sites for hydroxylation is 1. The summed E-state index contributed by atoms with van der Waals surface area (Å²) in [6.45, 7) is 9.60. The number of nitrogens with zero attached hydrogens (tertiary/aromatic N) is 4. The van der Waals surface area contributed by atoms with Crippen LogP contribution in [0.4, 0.5) is 0 Å². The van der Waals surface area contributed by atoms with Crippen LogP contribution in [0.15, 0.2) is 24.5 Å². The monoisotopic (exact) mass is 497 g/mol. The van der Waals surface area contributed by atoms with Crippen molar-refractivity contribution in [2.24, 2.45) is 0 Å². The predicted molar refractivity (Wildman–Crippen MR) is 135 cm³/mol. The molecule has 0 spiro atoms. The predicted octanol–water partition coefficient (Wildman–Crippen LogP) is 4.15. The molecule has 7 nitrogen and oxygen atoms in total. The van der Waals surface area contributed by atoms with Gasteiger partial charge in [0.05, 0.1) is 22.5 Å². The molecule has 5 rings (SSSR count). The third-order valence-corrected chi connectivity index (χ3v) is 8.11. The van der Waals surface area contributed by atoms with E-state index in [0.717, 1.165) is 51.5 Å². The molecular formula is C25H28ClN5O2S. The number of likely N-dealkylation sites (tertiary alicyclic amines) is 1. The van der Waals surface area contributed by atoms with E-state index in [-0.39, 0.29) is 18.4 Å². The van der Waals surface area contributed by atoms with Gasteiger partial charge in [-0.3, -0.25) is 19.4 Å². The molecule has 2 amide bonds. The van der Waals surface area contributed by atoms with Gasteiger partial charge in [-0.25, -0.2) is 9.97 Å². The van der Waals surface area contributed by atoms with E-state index >= 15 is 0 Å². The highest BCUT2D eigenvalue weighted by Gasteiger charge is 2.30. The zero-order valence-corrected chi connectivity index (χ0v) is 21.2. The molecule has 2 saturated heterocycles. The molecule has 2 atom stereocenters. The van der Waals surface area contributed by atoms with Gasteiger partial charge in [0.25, 0.3) is 0 Å². The molecule has 2 aliphatic heterocycles. The van der Waals surface area contributed by atoms with Crippen LogP contribution in [-0.4, -0.2) is 56.8 Å². The number of halogens is 1. The molecule has 0 radical (unpaired) electrons. The molecule has 0 unspecified atom stereocenters. The first-order valence-electron chi connectivity index (χ1n) is 11.6. The Bertz CT molecular complexity index is 1260. The number of carbonyl (C=O) groups excluding carboxylic acids is 2. The summed E-state index contributed by atoms with van der Waals surface area (Å²) in [6, 6.07) is 6.83. The second-order valence-electron chi connectivity index (χ2n) is 9.36. The number of fused-ring (bicyclic) bond motifs is 1. The fraction of sp³-hybridized carbons (Fsp3) is 0.440. The van der Waals surface area contributed by atoms with Crippen molar-refractivity contribution in [1.82, 2.24) is 25.1 Å². The lowest BCUT2D eigenvalue weighted by molar-refractivity contribution is -0.138. The number of piperazine rings is 1. The zero-order chi connectivity index (χ0) is 24.0. The fourth-order valence-corrected chi connectivity index (χ4v) is 6.22. The lowest BCUT2D eigenvalue weighted by Gasteiger charge is -2.38. The molecule has 2 aliphatic rings. The van der Waals surface area contributed by atoms with Crippen LogP contribution in [0.3, 0.4) is 0 Å². The summed E-state index contributed by atoms with van der Waals surface area (Å²) < 4.78 is 0.946. The average molecular weight is 498 g/mol. The zero-order valence-electron chi connectivity index (χ0n) is 19.6. The first kappa shape index (κ1) is 23.4. The van der Waals surface area contributed by atoms with Crippen LogP contribution in [0.2, 0.25) is 5.02 Å². The second kappa shape index (κ2) is 9.34. The Morgan fingerprint density at radius 3 is 2.65 bits per heavy atom. The van der Waals surface area contributed by atoms with Gasteiger partial charge in [-0.15, -0.1) is 11.3 Å². The number of hydrogen-bond donors (Lipinski definition) is 1. The van der Waals surface area contributed by atoms with Crippen LogP contribution >= 0.6 is 22.9 Å². The maximum absolute atomic E-state index is 12.1. The van der Waals surface area contributed by atoms with Crippen molar-refractivity contribution in [3.8, 4) is 11.3 Å². The maximum atomic E-state index is 12.1. The minimum atomic E-state index is -0.110. The van der Waals surface area contributed by atoms with Crippen molar-refractivity contribution in [2.45, 2.75) is 58.8 Å². The molecule has 0 aliphatic carbocycles. The molecule has 1 N–H and O–H groups in total. The highest BCUT2D eigenvalue weighted by Crippen LogP contribution is 2.37. The van der Waals surface area contributed by atoms with Crippen LogP contribution in [0.25, 0.3) is 21.5 Å². The Morgan fingerprint density at radius 1 is 1.12 bits per heavy atom. The minimum Gasteiger partial charge on any atom is -0.311 e. The van der Waals surface area contributed by atoms with E-state index in [9.17, 15) is 9.59 Å². The normalized spacial score (nSPS) is 21.7. The number of hydrogen-bond acceptors (Lipinski definition) is 7. The van der Waals surface area contributed by atoms with Crippen molar-refractivity contribution in [1.29, 1.82) is 0 Å². The summed E-state index contributed by atoms with van der Waals surface area (Å²) in [6.07, 6.45) is 2.17. The third-order valence-electron chi connectivity index (χ3n) is 6.78. The van der Waals surface area contributed by atoms with Crippen molar-refractivity contribution < 1.29 is 9.59 Å². The van der Waals surface area contributed by atoms with E-state index in [2.05, 4.69) is 41.0 Å². The Kier molecular flexibility index (Phi) is 6.41. The van der Waals surface area contributed by atoms with Crippen LogP contribution in [0, 0.1) is 6.92 Å². The summed E-state index contributed by atoms with van der Waals surface area (Å²) in [7, 11) is 0. The van der Waals surface area contributed by atoms with Crippen LogP contribution in [-0.2, 0) is 22.7 Å². The number of thiophene rings is 1. The number of nitrogens with one attached hydrogen (secondary N) is 1. The minimum absolute atomic E-state index is 0.110. The highest BCUT2D eigenvalue weighted by atomic mass is 35.5. The molecule has 34 heavy (non-hydrogen) atoms. The summed E-state index contributed by atoms with van der Waals surface area (Å²) in [5.41, 5.74) is 5.02. The SMILES string of the molecule is Cc1cc(Cl)cc(-c2ncnc3cc(CN4C(=O)CCC4=O)sc23)c1CN1C[C@@H](C)NC[C@@H]1C. The van der Waals surface area contributed by atoms with E-state index in [4.69, 9.17) is 11.6 Å². The van der Waals surface area contributed by atoms with E-state index in [1.54, 1.807) is 6.33 Å². The molecule has 1 aromatic carbocycles. The molecule has 2 fully saturated rings. The number of imide groups is 1. The highest BCUT2D eigenvalue weighted by molar-refractivity contribution is 7.19. The Morgan fingerprint density at radius 2 is 1.88 bits per heavy atom. The Hall–Kier alpha value is -2.39. The third kappa shape index (κ3) is 4.47. The van der Waals surface area contributed by atoms with Crippen LogP contribution in [0.1, 0.15) is 42.7 Å². The molecule has 2 aromatic heterocycles. The lowest BCUT2D eigenvalue weighted by Crippen LogP contribution is -2.53. The fourth-order valence-electron chi connectivity index (χ4n) is 4.84. The quantitative estimate of drug-likeness (QED) is 0.533. The van der Waals surface area contributed by atoms with Crippen molar-refractivity contribution in [3.05, 3.63) is 45.6 Å². The largest absolute Gasteiger partial charge is 0.311 e. The van der Waals surface area contributed by atoms with Crippen molar-refractivity contribution in [3.63, 3.8) is 0 Å². The van der Waals surface area contributed by atoms with Crippen LogP contribution in [0.5, 0.6) is 0 Å². The van der Waals surface area contributed by atoms with Crippen molar-refractivity contribution in [2.75, 3.05) is 13.1 Å². The van der Waals surface area contributed by atoms with Crippen LogP contribution < -0.4 is 5.32 Å². The first-order chi connectivity index (χ1) is 16.3. The lowest BCUT2D eigenvalue weighted by atomic mass is 9.97. The van der Waals surface area contributed by atoms with E-state index in [0.29, 0.717) is 29.9 Å². The van der Waals surface area contributed by atoms with Gasteiger partial charge in [0.15, 0.2) is 0 Å². The molecule has 4 heterocycles. The number of amides is 2. The standard InChI is InChI=1S/C25H28ClN5O2S/c1-14-6-17(26)7-19(20(14)12-30-10-15(2)27-9-16(30)3)24-25-21(28-13-29-24)8-18(34-25)11-31-22(32)4-5-23(31)33/h6-8,13,15-16,27H,4-5,9-12H2,1-3H3/t15-,16+/m1/s1. The van der Waals surface area contributed by atoms with Gasteiger partial charge in [-0.2, -0.15) is 0 Å². The maximum Gasteiger partial charge on any atom is 0.230 e. The van der Waals surface area contributed by atoms with Gasteiger partial charge in [-0.05, 0) is 50.1 Å². The van der Waals surface area contributed by atoms with Gasteiger partial charge in [0.1, 0.15) is 6.33 Å². The topological polar surface area (TPSA) is 78.4 Å².